The van der Waals surface area contributed by atoms with Crippen molar-refractivity contribution < 1.29 is 24.2 Å². The van der Waals surface area contributed by atoms with Crippen LogP contribution in [0.15, 0.2) is 35.5 Å². The van der Waals surface area contributed by atoms with Crippen LogP contribution in [0.4, 0.5) is 0 Å². The van der Waals surface area contributed by atoms with Crippen LogP contribution in [0.2, 0.25) is 0 Å². The Labute approximate surface area is 200 Å². The monoisotopic (exact) mass is 460 g/mol. The number of unbranched alkanes of at least 4 members (excludes halogenated alkanes) is 12. The fourth-order valence-electron chi connectivity index (χ4n) is 4.44. The van der Waals surface area contributed by atoms with Gasteiger partial charge in [0.15, 0.2) is 5.60 Å². The fraction of sp³-hybridized carbons (Fsp3) is 0.714. The van der Waals surface area contributed by atoms with Crippen LogP contribution < -0.4 is 0 Å². The van der Waals surface area contributed by atoms with Gasteiger partial charge in [-0.15, -0.1) is 0 Å². The maximum atomic E-state index is 12.2. The van der Waals surface area contributed by atoms with Crippen molar-refractivity contribution >= 4 is 11.9 Å². The summed E-state index contributed by atoms with van der Waals surface area (Å²) in [6.07, 6.45) is 26.3. The van der Waals surface area contributed by atoms with Crippen LogP contribution in [-0.2, 0) is 19.1 Å². The van der Waals surface area contributed by atoms with Crippen molar-refractivity contribution in [2.75, 3.05) is 13.2 Å². The summed E-state index contributed by atoms with van der Waals surface area (Å²) in [6.45, 7) is 2.27. The molecule has 0 aromatic heterocycles. The maximum Gasteiger partial charge on any atom is 0.334 e. The van der Waals surface area contributed by atoms with Gasteiger partial charge in [0.2, 0.25) is 0 Å². The number of hydrogen-bond acceptors (Lipinski definition) is 5. The Balaban J connectivity index is 1.53. The molecule has 0 radical (unpaired) electrons. The van der Waals surface area contributed by atoms with E-state index in [4.69, 9.17) is 9.47 Å². The number of carbonyl (C=O) groups is 2. The molecule has 0 spiro atoms. The largest absolute Gasteiger partial charge is 0.462 e. The van der Waals surface area contributed by atoms with Crippen molar-refractivity contribution in [2.24, 2.45) is 0 Å². The quantitative estimate of drug-likeness (QED) is 0.116. The molecule has 2 fully saturated rings. The van der Waals surface area contributed by atoms with E-state index in [1.54, 1.807) is 6.08 Å². The van der Waals surface area contributed by atoms with E-state index >= 15 is 0 Å². The van der Waals surface area contributed by atoms with Gasteiger partial charge in [0.1, 0.15) is 0 Å². The third-order valence-electron chi connectivity index (χ3n) is 6.48. The number of aliphatic hydroxyl groups is 1. The predicted molar refractivity (Wildman–Crippen MR) is 132 cm³/mol. The number of hydrogen-bond donors (Lipinski definition) is 1. The van der Waals surface area contributed by atoms with Crippen molar-refractivity contribution in [3.05, 3.63) is 35.5 Å². The summed E-state index contributed by atoms with van der Waals surface area (Å²) in [6, 6.07) is 0. The number of cyclic esters (lactones) is 2. The van der Waals surface area contributed by atoms with Crippen LogP contribution in [-0.4, -0.2) is 35.9 Å². The van der Waals surface area contributed by atoms with Gasteiger partial charge in [0.05, 0.1) is 13.2 Å². The molecule has 5 heteroatoms. The lowest BCUT2D eigenvalue weighted by Crippen LogP contribution is -2.31. The van der Waals surface area contributed by atoms with E-state index in [0.717, 1.165) is 19.3 Å². The molecule has 0 bridgehead atoms. The van der Waals surface area contributed by atoms with Crippen molar-refractivity contribution in [2.45, 2.75) is 115 Å². The lowest BCUT2D eigenvalue weighted by molar-refractivity contribution is -0.146. The molecule has 2 rings (SSSR count). The minimum absolute atomic E-state index is 0.310. The smallest absolute Gasteiger partial charge is 0.334 e. The lowest BCUT2D eigenvalue weighted by Gasteiger charge is -2.20. The minimum Gasteiger partial charge on any atom is -0.462 e. The van der Waals surface area contributed by atoms with Gasteiger partial charge in [-0.05, 0) is 44.6 Å². The number of carbonyl (C=O) groups excluding carboxylic acids is 2. The highest BCUT2D eigenvalue weighted by atomic mass is 16.6. The molecule has 1 atom stereocenters. The van der Waals surface area contributed by atoms with Crippen LogP contribution in [0, 0.1) is 0 Å². The van der Waals surface area contributed by atoms with E-state index in [1.165, 1.54) is 70.6 Å². The Morgan fingerprint density at radius 2 is 1.42 bits per heavy atom. The summed E-state index contributed by atoms with van der Waals surface area (Å²) in [5.74, 6) is -0.774. The standard InChI is InChI=1S/C28H44O5/c1-2-3-4-5-6-7-8-9-10-11-12-13-14-15-16-17-18-24-21-28(23-29,33-27(24)31)22-25-19-20-32-26(25)30/h9-10,18,22,29H,2-8,11-17,19-21,23H2,1H3/b10-9-,24-18-,25-22-. The van der Waals surface area contributed by atoms with Crippen LogP contribution >= 0.6 is 0 Å². The number of ether oxygens (including phenoxy) is 2. The summed E-state index contributed by atoms with van der Waals surface area (Å²) >= 11 is 0. The highest BCUT2D eigenvalue weighted by Gasteiger charge is 2.42. The van der Waals surface area contributed by atoms with Crippen molar-refractivity contribution in [1.29, 1.82) is 0 Å². The zero-order chi connectivity index (χ0) is 23.8. The van der Waals surface area contributed by atoms with Crippen molar-refractivity contribution in [3.8, 4) is 0 Å². The van der Waals surface area contributed by atoms with Gasteiger partial charge < -0.3 is 14.6 Å². The van der Waals surface area contributed by atoms with Crippen LogP contribution in [0.3, 0.4) is 0 Å². The molecule has 33 heavy (non-hydrogen) atoms. The van der Waals surface area contributed by atoms with Gasteiger partial charge >= 0.3 is 11.9 Å². The molecule has 2 aliphatic rings. The maximum absolute atomic E-state index is 12.2. The molecule has 0 aliphatic carbocycles. The van der Waals surface area contributed by atoms with E-state index in [-0.39, 0.29) is 18.5 Å². The topological polar surface area (TPSA) is 72.8 Å². The van der Waals surface area contributed by atoms with E-state index in [9.17, 15) is 14.7 Å². The van der Waals surface area contributed by atoms with Gasteiger partial charge in [0.25, 0.3) is 0 Å². The summed E-state index contributed by atoms with van der Waals surface area (Å²) < 4.78 is 10.4. The SMILES string of the molecule is CCCCCCCC/C=C\CCCCCCC/C=C1/CC(/C=C2/CCOC2=O)(CO)OC1=O. The number of aliphatic hydroxyl groups excluding tert-OH is 1. The van der Waals surface area contributed by atoms with E-state index in [1.807, 2.05) is 6.08 Å². The molecule has 1 unspecified atom stereocenters. The molecule has 0 aromatic rings. The normalized spacial score (nSPS) is 23.2. The van der Waals surface area contributed by atoms with E-state index < -0.39 is 5.60 Å². The molecule has 2 heterocycles. The molecule has 0 aromatic carbocycles. The van der Waals surface area contributed by atoms with Crippen molar-refractivity contribution in [3.63, 3.8) is 0 Å². The summed E-state index contributed by atoms with van der Waals surface area (Å²) in [5.41, 5.74) is -0.0393. The Morgan fingerprint density at radius 3 is 2.00 bits per heavy atom. The summed E-state index contributed by atoms with van der Waals surface area (Å²) in [4.78, 5) is 23.9. The molecule has 0 amide bonds. The molecule has 0 saturated carbocycles. The number of allylic oxidation sites excluding steroid dienone is 3. The zero-order valence-electron chi connectivity index (χ0n) is 20.6. The average Bonchev–Trinajstić information content (AvgIpc) is 3.36. The second-order valence-electron chi connectivity index (χ2n) is 9.45. The molecular formula is C28H44O5. The first-order valence-corrected chi connectivity index (χ1v) is 13.2. The summed E-state index contributed by atoms with van der Waals surface area (Å²) in [5, 5.41) is 9.81. The highest BCUT2D eigenvalue weighted by molar-refractivity contribution is 5.93. The van der Waals surface area contributed by atoms with Crippen LogP contribution in [0.1, 0.15) is 110 Å². The Kier molecular flexibility index (Phi) is 13.2. The molecule has 1 N–H and O–H groups in total. The molecule has 186 valence electrons. The highest BCUT2D eigenvalue weighted by Crippen LogP contribution is 2.34. The Morgan fingerprint density at radius 1 is 0.818 bits per heavy atom. The van der Waals surface area contributed by atoms with Gasteiger partial charge in [-0.1, -0.05) is 76.5 Å². The first-order chi connectivity index (χ1) is 16.1. The second kappa shape index (κ2) is 15.9. The van der Waals surface area contributed by atoms with Crippen molar-refractivity contribution in [1.82, 2.24) is 0 Å². The van der Waals surface area contributed by atoms with Gasteiger partial charge in [0, 0.05) is 24.0 Å². The van der Waals surface area contributed by atoms with Crippen LogP contribution in [0.25, 0.3) is 0 Å². The van der Waals surface area contributed by atoms with Gasteiger partial charge in [-0.3, -0.25) is 0 Å². The van der Waals surface area contributed by atoms with E-state index in [2.05, 4.69) is 19.1 Å². The van der Waals surface area contributed by atoms with Gasteiger partial charge in [-0.2, -0.15) is 0 Å². The zero-order valence-corrected chi connectivity index (χ0v) is 20.6. The molecule has 2 saturated heterocycles. The predicted octanol–water partition coefficient (Wildman–Crippen LogP) is 6.50. The molecular weight excluding hydrogens is 416 g/mol. The van der Waals surface area contributed by atoms with Crippen LogP contribution in [0.5, 0.6) is 0 Å². The third-order valence-corrected chi connectivity index (χ3v) is 6.48. The number of esters is 2. The molecule has 5 nitrogen and oxygen atoms in total. The van der Waals surface area contributed by atoms with E-state index in [0.29, 0.717) is 30.6 Å². The fourth-order valence-corrected chi connectivity index (χ4v) is 4.44. The Hall–Kier alpha value is -1.88. The molecule has 2 aliphatic heterocycles. The third kappa shape index (κ3) is 10.3. The summed E-state index contributed by atoms with van der Waals surface area (Å²) in [7, 11) is 0. The van der Waals surface area contributed by atoms with Gasteiger partial charge in [-0.25, -0.2) is 9.59 Å². The second-order valence-corrected chi connectivity index (χ2v) is 9.45. The average molecular weight is 461 g/mol. The Bertz CT molecular complexity index is 690. The number of rotatable bonds is 17. The minimum atomic E-state index is -1.12. The first kappa shape index (κ1) is 27.4. The lowest BCUT2D eigenvalue weighted by atomic mass is 9.94. The first-order valence-electron chi connectivity index (χ1n) is 13.2.